The second-order valence-electron chi connectivity index (χ2n) is 6.16. The van der Waals surface area contributed by atoms with Gasteiger partial charge in [0.25, 0.3) is 0 Å². The highest BCUT2D eigenvalue weighted by molar-refractivity contribution is 6.00. The first-order valence-corrected chi connectivity index (χ1v) is 6.66. The summed E-state index contributed by atoms with van der Waals surface area (Å²) in [5.74, 6) is -0.387. The van der Waals surface area contributed by atoms with Crippen molar-refractivity contribution < 1.29 is 14.3 Å². The van der Waals surface area contributed by atoms with Crippen LogP contribution in [0.4, 0.5) is 0 Å². The zero-order valence-corrected chi connectivity index (χ0v) is 11.2. The molecule has 3 nitrogen and oxygen atoms in total. The van der Waals surface area contributed by atoms with E-state index in [1.165, 1.54) is 0 Å². The summed E-state index contributed by atoms with van der Waals surface area (Å²) < 4.78 is 5.51. The van der Waals surface area contributed by atoms with Crippen LogP contribution < -0.4 is 0 Å². The third-order valence-corrected chi connectivity index (χ3v) is 5.19. The van der Waals surface area contributed by atoms with Crippen molar-refractivity contribution in [2.24, 2.45) is 17.3 Å². The predicted octanol–water partition coefficient (Wildman–Crippen LogP) is 2.59. The van der Waals surface area contributed by atoms with Gasteiger partial charge in [-0.15, -0.1) is 0 Å². The maximum atomic E-state index is 12.1. The molecule has 0 amide bonds. The largest absolute Gasteiger partial charge is 0.458 e. The first kappa shape index (κ1) is 12.4. The molecule has 19 heavy (non-hydrogen) atoms. The van der Waals surface area contributed by atoms with Gasteiger partial charge in [0.2, 0.25) is 0 Å². The van der Waals surface area contributed by atoms with E-state index in [1.807, 2.05) is 6.92 Å². The quantitative estimate of drug-likeness (QED) is 0.381. The number of carbonyl (C=O) groups is 2. The average Bonchev–Trinajstić information content (AvgIpc) is 2.70. The summed E-state index contributed by atoms with van der Waals surface area (Å²) >= 11 is 0. The molecule has 1 saturated heterocycles. The molecule has 3 aliphatic rings. The van der Waals surface area contributed by atoms with Crippen LogP contribution in [0.5, 0.6) is 0 Å². The Labute approximate surface area is 113 Å². The van der Waals surface area contributed by atoms with Crippen LogP contribution in [0, 0.1) is 17.3 Å². The number of ether oxygens (including phenoxy) is 1. The van der Waals surface area contributed by atoms with Crippen molar-refractivity contribution in [2.75, 3.05) is 0 Å². The molecule has 4 atom stereocenters. The van der Waals surface area contributed by atoms with Crippen molar-refractivity contribution in [1.82, 2.24) is 0 Å². The smallest absolute Gasteiger partial charge is 0.334 e. The minimum atomic E-state index is -0.322. The minimum absolute atomic E-state index is 0.00118. The van der Waals surface area contributed by atoms with Gasteiger partial charge in [-0.1, -0.05) is 32.2 Å². The van der Waals surface area contributed by atoms with Gasteiger partial charge in [-0.3, -0.25) is 4.79 Å². The lowest BCUT2D eigenvalue weighted by molar-refractivity contribution is -0.141. The van der Waals surface area contributed by atoms with Crippen LogP contribution >= 0.6 is 0 Å². The van der Waals surface area contributed by atoms with E-state index in [-0.39, 0.29) is 35.1 Å². The van der Waals surface area contributed by atoms with Gasteiger partial charge in [-0.25, -0.2) is 4.79 Å². The fraction of sp³-hybridized carbons (Fsp3) is 0.500. The number of hydrogen-bond acceptors (Lipinski definition) is 3. The fourth-order valence-electron chi connectivity index (χ4n) is 3.91. The van der Waals surface area contributed by atoms with Crippen LogP contribution in [-0.4, -0.2) is 17.9 Å². The summed E-state index contributed by atoms with van der Waals surface area (Å²) in [6, 6.07) is 0. The highest BCUT2D eigenvalue weighted by atomic mass is 16.6. The number of rotatable bonds is 0. The number of esters is 1. The Kier molecular flexibility index (Phi) is 2.40. The van der Waals surface area contributed by atoms with Crippen molar-refractivity contribution in [3.63, 3.8) is 0 Å². The first-order chi connectivity index (χ1) is 8.86. The third kappa shape index (κ3) is 1.44. The van der Waals surface area contributed by atoms with Crippen LogP contribution in [0.3, 0.4) is 0 Å². The van der Waals surface area contributed by atoms with E-state index in [0.29, 0.717) is 17.6 Å². The maximum absolute atomic E-state index is 12.1. The zero-order valence-electron chi connectivity index (χ0n) is 11.2. The van der Waals surface area contributed by atoms with Gasteiger partial charge >= 0.3 is 5.97 Å². The number of hydrogen-bond donors (Lipinski definition) is 0. The summed E-state index contributed by atoms with van der Waals surface area (Å²) in [6.07, 6.45) is 1.78. The highest BCUT2D eigenvalue weighted by Gasteiger charge is 2.58. The van der Waals surface area contributed by atoms with E-state index >= 15 is 0 Å². The van der Waals surface area contributed by atoms with Crippen molar-refractivity contribution in [3.05, 3.63) is 36.5 Å². The second-order valence-corrected chi connectivity index (χ2v) is 6.16. The normalized spacial score (nSPS) is 41.9. The lowest BCUT2D eigenvalue weighted by Crippen LogP contribution is -2.34. The Morgan fingerprint density at radius 2 is 1.89 bits per heavy atom. The molecule has 3 heteroatoms. The average molecular weight is 258 g/mol. The van der Waals surface area contributed by atoms with Crippen molar-refractivity contribution in [2.45, 2.75) is 32.3 Å². The molecule has 0 spiro atoms. The van der Waals surface area contributed by atoms with Crippen LogP contribution in [0.1, 0.15) is 26.2 Å². The van der Waals surface area contributed by atoms with Crippen molar-refractivity contribution in [1.29, 1.82) is 0 Å². The lowest BCUT2D eigenvalue weighted by Gasteiger charge is -2.34. The SMILES string of the molecule is C=C1C(=O)C[C@@]2(C)C(=C)CC[C@H]3C(=C)C(=O)O[C@@H]3C12. The van der Waals surface area contributed by atoms with Gasteiger partial charge in [-0.05, 0) is 18.4 Å². The molecule has 100 valence electrons. The molecule has 2 saturated carbocycles. The zero-order chi connectivity index (χ0) is 13.9. The number of ketones is 1. The van der Waals surface area contributed by atoms with E-state index < -0.39 is 0 Å². The van der Waals surface area contributed by atoms with E-state index in [9.17, 15) is 9.59 Å². The number of fused-ring (bicyclic) bond motifs is 3. The Hall–Kier alpha value is -1.64. The van der Waals surface area contributed by atoms with Gasteiger partial charge in [0.1, 0.15) is 6.10 Å². The molecule has 3 fully saturated rings. The monoisotopic (exact) mass is 258 g/mol. The van der Waals surface area contributed by atoms with E-state index in [2.05, 4.69) is 19.7 Å². The summed E-state index contributed by atoms with van der Waals surface area (Å²) in [6.45, 7) is 14.0. The molecular weight excluding hydrogens is 240 g/mol. The maximum Gasteiger partial charge on any atom is 0.334 e. The van der Waals surface area contributed by atoms with Crippen molar-refractivity contribution >= 4 is 11.8 Å². The molecule has 1 heterocycles. The van der Waals surface area contributed by atoms with Gasteiger partial charge < -0.3 is 4.74 Å². The van der Waals surface area contributed by atoms with Gasteiger partial charge in [0, 0.05) is 29.2 Å². The molecule has 0 radical (unpaired) electrons. The Balaban J connectivity index is 2.11. The molecule has 1 unspecified atom stereocenters. The standard InChI is InChI=1S/C16H18O3/c1-8-5-6-11-9(2)15(18)19-14(11)13-10(3)12(17)7-16(8,13)4/h11,13-14H,1-3,5-7H2,4H3/t11-,13?,14-,16-/m0/s1. The number of Topliss-reactive ketones (excluding diaryl/α,β-unsaturated/α-hetero) is 1. The fourth-order valence-corrected chi connectivity index (χ4v) is 3.91. The van der Waals surface area contributed by atoms with Gasteiger partial charge in [0.05, 0.1) is 0 Å². The summed E-state index contributed by atoms with van der Waals surface area (Å²) in [4.78, 5) is 23.8. The van der Waals surface area contributed by atoms with Crippen molar-refractivity contribution in [3.8, 4) is 0 Å². The molecule has 2 aliphatic carbocycles. The topological polar surface area (TPSA) is 43.4 Å². The molecule has 0 aromatic rings. The van der Waals surface area contributed by atoms with E-state index in [4.69, 9.17) is 4.74 Å². The first-order valence-electron chi connectivity index (χ1n) is 6.66. The molecule has 0 aromatic heterocycles. The molecule has 3 rings (SSSR count). The van der Waals surface area contributed by atoms with Crippen LogP contribution in [-0.2, 0) is 14.3 Å². The third-order valence-electron chi connectivity index (χ3n) is 5.19. The Bertz CT molecular complexity index is 542. The van der Waals surface area contributed by atoms with Crippen LogP contribution in [0.15, 0.2) is 36.5 Å². The lowest BCUT2D eigenvalue weighted by atomic mass is 9.71. The molecule has 0 N–H and O–H groups in total. The second kappa shape index (κ2) is 3.69. The summed E-state index contributed by atoms with van der Waals surface area (Å²) in [5.41, 5.74) is 1.87. The summed E-state index contributed by atoms with van der Waals surface area (Å²) in [7, 11) is 0. The Morgan fingerprint density at radius 3 is 2.58 bits per heavy atom. The number of carbonyl (C=O) groups excluding carboxylic acids is 2. The molecular formula is C16H18O3. The van der Waals surface area contributed by atoms with E-state index in [0.717, 1.165) is 18.4 Å². The molecule has 0 aromatic carbocycles. The molecule has 1 aliphatic heterocycles. The highest BCUT2D eigenvalue weighted by Crippen LogP contribution is 2.57. The van der Waals surface area contributed by atoms with Gasteiger partial charge in [-0.2, -0.15) is 0 Å². The van der Waals surface area contributed by atoms with Crippen LogP contribution in [0.25, 0.3) is 0 Å². The minimum Gasteiger partial charge on any atom is -0.458 e. The number of allylic oxidation sites excluding steroid dienone is 1. The van der Waals surface area contributed by atoms with Gasteiger partial charge in [0.15, 0.2) is 5.78 Å². The molecule has 0 bridgehead atoms. The van der Waals surface area contributed by atoms with E-state index in [1.54, 1.807) is 0 Å². The summed E-state index contributed by atoms with van der Waals surface area (Å²) in [5, 5.41) is 0. The van der Waals surface area contributed by atoms with Crippen LogP contribution in [0.2, 0.25) is 0 Å². The Morgan fingerprint density at radius 1 is 1.21 bits per heavy atom. The predicted molar refractivity (Wildman–Crippen MR) is 71.2 cm³/mol.